The van der Waals surface area contributed by atoms with Gasteiger partial charge in [0.15, 0.2) is 28.4 Å². The van der Waals surface area contributed by atoms with Gasteiger partial charge in [0.05, 0.1) is 25.4 Å². The highest BCUT2D eigenvalue weighted by molar-refractivity contribution is 5.93. The van der Waals surface area contributed by atoms with Crippen LogP contribution in [0, 0.1) is 0 Å². The number of hydrogen-bond acceptors (Lipinski definition) is 12. The number of aromatic nitrogens is 1. The fourth-order valence-corrected chi connectivity index (χ4v) is 3.41. The van der Waals surface area contributed by atoms with Crippen molar-refractivity contribution < 1.29 is 47.6 Å². The molecule has 0 fully saturated rings. The van der Waals surface area contributed by atoms with Crippen molar-refractivity contribution in [2.75, 3.05) is 33.1 Å². The molecule has 214 valence electrons. The van der Waals surface area contributed by atoms with E-state index in [1.165, 1.54) is 26.4 Å². The van der Waals surface area contributed by atoms with E-state index >= 15 is 0 Å². The molecule has 2 N–H and O–H groups in total. The molecule has 2 aliphatic heterocycles. The van der Waals surface area contributed by atoms with Gasteiger partial charge in [-0.15, -0.1) is 0 Å². The van der Waals surface area contributed by atoms with Gasteiger partial charge in [-0.3, -0.25) is 4.79 Å². The third-order valence-electron chi connectivity index (χ3n) is 5.01. The van der Waals surface area contributed by atoms with Crippen LogP contribution in [-0.2, 0) is 23.9 Å². The van der Waals surface area contributed by atoms with Gasteiger partial charge in [0.1, 0.15) is 5.69 Å². The van der Waals surface area contributed by atoms with Crippen LogP contribution >= 0.6 is 0 Å². The summed E-state index contributed by atoms with van der Waals surface area (Å²) in [7, 11) is 2.59. The quantitative estimate of drug-likeness (QED) is 0.353. The highest BCUT2D eigenvalue weighted by atomic mass is 16.7. The van der Waals surface area contributed by atoms with Gasteiger partial charge in [-0.1, -0.05) is 20.9 Å². The maximum Gasteiger partial charge on any atom is 0.373 e. The molecule has 0 unspecified atom stereocenters. The molecule has 2 aliphatic rings. The molecule has 0 amide bonds. The average molecular weight is 559 g/mol. The molecule has 0 aliphatic carbocycles. The number of fused-ring (bicyclic) bond motifs is 4. The topological polar surface area (TPSA) is 169 Å². The first-order valence-corrected chi connectivity index (χ1v) is 10.8. The lowest BCUT2D eigenvalue weighted by atomic mass is 10.1. The summed E-state index contributed by atoms with van der Waals surface area (Å²) in [5.41, 5.74) is 1.68. The molecular formula is C27H30N2O11. The van der Waals surface area contributed by atoms with Crippen molar-refractivity contribution in [2.45, 2.75) is 21.8 Å². The smallest absolute Gasteiger partial charge is 0.373 e. The normalized spacial score (nSPS) is 11.6. The van der Waals surface area contributed by atoms with Crippen molar-refractivity contribution in [3.8, 4) is 23.0 Å². The van der Waals surface area contributed by atoms with Crippen LogP contribution in [0.3, 0.4) is 0 Å². The van der Waals surface area contributed by atoms with Crippen LogP contribution in [-0.4, -0.2) is 50.9 Å². The maximum absolute atomic E-state index is 11.9. The Kier molecular flexibility index (Phi) is 12.4. The third-order valence-corrected chi connectivity index (χ3v) is 5.01. The fraction of sp³-hybridized carbons (Fsp3) is 0.259. The standard InChI is InChI=1S/C12H9NO5.C12H13NO4.CO2.2CH4/c1-16-12(15)7-4-8(14)6-2-3-9-11(10(6)13-7)18-5-17-9;1-8(6-11(14)15-2)13-9-4-3-5-10-12(9)17-7-16-10;2-1-3;;/h2-4H,5H2,1H3,(H,13,14);3-6,13H,7H2,1-2H3;;2*1H4/b;8-6+;;;. The van der Waals surface area contributed by atoms with Gasteiger partial charge in [-0.2, -0.15) is 9.59 Å². The van der Waals surface area contributed by atoms with E-state index in [0.717, 1.165) is 5.69 Å². The highest BCUT2D eigenvalue weighted by Gasteiger charge is 2.20. The summed E-state index contributed by atoms with van der Waals surface area (Å²) < 4.78 is 30.2. The predicted molar refractivity (Wildman–Crippen MR) is 142 cm³/mol. The number of rotatable bonds is 4. The van der Waals surface area contributed by atoms with Crippen LogP contribution in [0.2, 0.25) is 0 Å². The zero-order chi connectivity index (χ0) is 27.7. The first-order chi connectivity index (χ1) is 18.3. The zero-order valence-corrected chi connectivity index (χ0v) is 20.4. The Labute approximate surface area is 229 Å². The summed E-state index contributed by atoms with van der Waals surface area (Å²) in [6.45, 7) is 2.08. The van der Waals surface area contributed by atoms with E-state index in [9.17, 15) is 14.4 Å². The molecule has 1 aromatic heterocycles. The molecule has 0 saturated heterocycles. The first-order valence-electron chi connectivity index (χ1n) is 10.8. The number of aromatic amines is 1. The van der Waals surface area contributed by atoms with Gasteiger partial charge < -0.3 is 38.7 Å². The second kappa shape index (κ2) is 15.2. The summed E-state index contributed by atoms with van der Waals surface area (Å²) >= 11 is 0. The molecule has 13 nitrogen and oxygen atoms in total. The number of H-pyrrole nitrogens is 1. The summed E-state index contributed by atoms with van der Waals surface area (Å²) in [6.07, 6.45) is 1.62. The maximum atomic E-state index is 11.9. The lowest BCUT2D eigenvalue weighted by Crippen LogP contribution is -2.11. The second-order valence-corrected chi connectivity index (χ2v) is 7.36. The Morgan fingerprint density at radius 1 is 0.950 bits per heavy atom. The number of methoxy groups -OCH3 is 2. The number of esters is 2. The van der Waals surface area contributed by atoms with Crippen molar-refractivity contribution in [3.63, 3.8) is 0 Å². The van der Waals surface area contributed by atoms with Crippen LogP contribution in [0.4, 0.5) is 5.69 Å². The van der Waals surface area contributed by atoms with E-state index in [1.54, 1.807) is 19.1 Å². The molecule has 0 atom stereocenters. The van der Waals surface area contributed by atoms with Crippen molar-refractivity contribution in [2.24, 2.45) is 0 Å². The summed E-state index contributed by atoms with van der Waals surface area (Å²) in [5, 5.41) is 3.50. The van der Waals surface area contributed by atoms with Crippen molar-refractivity contribution in [1.82, 2.24) is 4.98 Å². The van der Waals surface area contributed by atoms with Crippen LogP contribution in [0.5, 0.6) is 23.0 Å². The number of allylic oxidation sites excluding steroid dienone is 1. The minimum absolute atomic E-state index is 0. The Hall–Kier alpha value is -5.29. The Morgan fingerprint density at radius 3 is 2.20 bits per heavy atom. The molecule has 3 aromatic rings. The Bertz CT molecular complexity index is 1470. The lowest BCUT2D eigenvalue weighted by molar-refractivity contribution is -0.191. The average Bonchev–Trinajstić information content (AvgIpc) is 3.59. The molecule has 13 heteroatoms. The number of carbonyl (C=O) groups is 2. The Balaban J connectivity index is 0.000000349. The number of carbonyl (C=O) groups excluding carboxylic acids is 4. The number of nitrogens with one attached hydrogen (secondary N) is 2. The lowest BCUT2D eigenvalue weighted by Gasteiger charge is -2.08. The number of pyridine rings is 1. The molecule has 5 rings (SSSR count). The van der Waals surface area contributed by atoms with Gasteiger partial charge in [0.2, 0.25) is 13.6 Å². The van der Waals surface area contributed by atoms with Gasteiger partial charge in [0, 0.05) is 23.2 Å². The number of para-hydroxylation sites is 1. The van der Waals surface area contributed by atoms with Gasteiger partial charge in [0.25, 0.3) is 0 Å². The van der Waals surface area contributed by atoms with Crippen LogP contribution in [0.15, 0.2) is 53.0 Å². The molecule has 0 spiro atoms. The van der Waals surface area contributed by atoms with Crippen LogP contribution < -0.4 is 29.7 Å². The largest absolute Gasteiger partial charge is 0.466 e. The number of benzene rings is 2. The second-order valence-electron chi connectivity index (χ2n) is 7.36. The summed E-state index contributed by atoms with van der Waals surface area (Å²) in [6, 6.07) is 10.0. The van der Waals surface area contributed by atoms with Crippen molar-refractivity contribution in [1.29, 1.82) is 0 Å². The van der Waals surface area contributed by atoms with Crippen LogP contribution in [0.25, 0.3) is 10.9 Å². The third kappa shape index (κ3) is 7.62. The predicted octanol–water partition coefficient (Wildman–Crippen LogP) is 3.64. The van der Waals surface area contributed by atoms with Gasteiger partial charge >= 0.3 is 18.1 Å². The summed E-state index contributed by atoms with van der Waals surface area (Å²) in [4.78, 5) is 53.5. The van der Waals surface area contributed by atoms with E-state index in [0.29, 0.717) is 39.6 Å². The van der Waals surface area contributed by atoms with Crippen molar-refractivity contribution in [3.05, 3.63) is 64.1 Å². The molecule has 3 heterocycles. The van der Waals surface area contributed by atoms with E-state index in [1.807, 2.05) is 18.2 Å². The fourth-order valence-electron chi connectivity index (χ4n) is 3.41. The van der Waals surface area contributed by atoms with E-state index in [4.69, 9.17) is 28.5 Å². The van der Waals surface area contributed by atoms with Gasteiger partial charge in [-0.25, -0.2) is 9.59 Å². The molecule has 2 aromatic carbocycles. The molecular weight excluding hydrogens is 528 g/mol. The first kappa shape index (κ1) is 32.7. The SMILES string of the molecule is C.C.COC(=O)/C=C(\C)Nc1cccc2c1OCO2.COC(=O)c1cc(=O)c2ccc3c(c2[nH]1)OCO3.O=C=O. The Morgan fingerprint density at radius 2 is 1.57 bits per heavy atom. The van der Waals surface area contributed by atoms with E-state index < -0.39 is 11.9 Å². The van der Waals surface area contributed by atoms with E-state index in [-0.39, 0.29) is 45.7 Å². The molecule has 0 saturated carbocycles. The minimum atomic E-state index is -0.606. The number of ether oxygens (including phenoxy) is 6. The monoisotopic (exact) mass is 558 g/mol. The minimum Gasteiger partial charge on any atom is -0.466 e. The number of anilines is 1. The van der Waals surface area contributed by atoms with E-state index in [2.05, 4.69) is 19.8 Å². The molecule has 40 heavy (non-hydrogen) atoms. The van der Waals surface area contributed by atoms with Gasteiger partial charge in [-0.05, 0) is 31.2 Å². The zero-order valence-electron chi connectivity index (χ0n) is 20.4. The highest BCUT2D eigenvalue weighted by Crippen LogP contribution is 2.39. The summed E-state index contributed by atoms with van der Waals surface area (Å²) in [5.74, 6) is 1.33. The molecule has 0 radical (unpaired) electrons. The van der Waals surface area contributed by atoms with Crippen LogP contribution in [0.1, 0.15) is 32.3 Å². The number of hydrogen-bond donors (Lipinski definition) is 2. The molecule has 0 bridgehead atoms. The van der Waals surface area contributed by atoms with Crippen molar-refractivity contribution >= 4 is 34.7 Å².